The van der Waals surface area contributed by atoms with Crippen molar-refractivity contribution < 1.29 is 14.3 Å². The molecule has 0 bridgehead atoms. The Morgan fingerprint density at radius 3 is 2.74 bits per heavy atom. The van der Waals surface area contributed by atoms with Gasteiger partial charge < -0.3 is 14.4 Å². The van der Waals surface area contributed by atoms with E-state index in [0.717, 1.165) is 6.42 Å². The molecule has 122 valence electrons. The number of carboxylic acid groups (broad SMARTS) is 1. The number of carbonyl (C=O) groups is 1. The summed E-state index contributed by atoms with van der Waals surface area (Å²) < 4.78 is 5.48. The van der Waals surface area contributed by atoms with Gasteiger partial charge >= 0.3 is 5.97 Å². The van der Waals surface area contributed by atoms with Crippen LogP contribution in [0.2, 0.25) is 0 Å². The van der Waals surface area contributed by atoms with Gasteiger partial charge in [-0.05, 0) is 56.4 Å². The molecule has 4 nitrogen and oxygen atoms in total. The minimum atomic E-state index is -1.03. The zero-order valence-electron chi connectivity index (χ0n) is 14.1. The van der Waals surface area contributed by atoms with Crippen molar-refractivity contribution in [3.8, 4) is 0 Å². The molecule has 1 aliphatic heterocycles. The van der Waals surface area contributed by atoms with Crippen molar-refractivity contribution in [2.45, 2.75) is 52.1 Å². The number of para-hydroxylation sites is 1. The minimum absolute atomic E-state index is 0.00630. The van der Waals surface area contributed by atoms with Gasteiger partial charge in [-0.15, -0.1) is 0 Å². The third-order valence-corrected chi connectivity index (χ3v) is 4.79. The number of hydrogen-bond donors (Lipinski definition) is 1. The highest BCUT2D eigenvalue weighted by atomic mass is 16.4. The van der Waals surface area contributed by atoms with Crippen LogP contribution in [0.15, 0.2) is 34.7 Å². The Balaban J connectivity index is 2.02. The fourth-order valence-corrected chi connectivity index (χ4v) is 3.75. The highest BCUT2D eigenvalue weighted by Gasteiger charge is 2.37. The van der Waals surface area contributed by atoms with Crippen LogP contribution in [0, 0.1) is 6.92 Å². The molecule has 0 spiro atoms. The first-order chi connectivity index (χ1) is 10.8. The first-order valence-electron chi connectivity index (χ1n) is 7.99. The maximum absolute atomic E-state index is 11.0. The van der Waals surface area contributed by atoms with Crippen LogP contribution in [0.5, 0.6) is 0 Å². The molecule has 0 radical (unpaired) electrons. The Kier molecular flexibility index (Phi) is 3.71. The van der Waals surface area contributed by atoms with Crippen LogP contribution in [0.1, 0.15) is 60.6 Å². The SMILES string of the molecule is Cc1cccc2c1N(Cc1ccc(C(=O)O)o1)C(C)(C)CC2C. The Morgan fingerprint density at radius 2 is 2.09 bits per heavy atom. The highest BCUT2D eigenvalue weighted by molar-refractivity contribution is 5.84. The predicted molar refractivity (Wildman–Crippen MR) is 90.1 cm³/mol. The number of rotatable bonds is 3. The molecule has 0 fully saturated rings. The van der Waals surface area contributed by atoms with Gasteiger partial charge in [0.25, 0.3) is 0 Å². The standard InChI is InChI=1S/C19H23NO3/c1-12-6-5-7-15-13(2)10-19(3,4)20(17(12)15)11-14-8-9-16(23-14)18(21)22/h5-9,13H,10-11H2,1-4H3,(H,21,22). The zero-order chi connectivity index (χ0) is 16.8. The second-order valence-corrected chi connectivity index (χ2v) is 7.09. The Bertz CT molecular complexity index is 745. The molecule has 2 aromatic rings. The molecule has 1 aromatic heterocycles. The number of hydrogen-bond acceptors (Lipinski definition) is 3. The molecule has 0 saturated heterocycles. The average Bonchev–Trinajstić information content (AvgIpc) is 2.92. The normalized spacial score (nSPS) is 19.5. The first-order valence-corrected chi connectivity index (χ1v) is 7.99. The average molecular weight is 313 g/mol. The van der Waals surface area contributed by atoms with Crippen molar-refractivity contribution in [3.63, 3.8) is 0 Å². The molecule has 3 rings (SSSR count). The number of benzene rings is 1. The number of fused-ring (bicyclic) bond motifs is 1. The van der Waals surface area contributed by atoms with E-state index >= 15 is 0 Å². The molecule has 0 amide bonds. The van der Waals surface area contributed by atoms with Gasteiger partial charge in [-0.1, -0.05) is 25.1 Å². The van der Waals surface area contributed by atoms with Crippen LogP contribution in [0.25, 0.3) is 0 Å². The lowest BCUT2D eigenvalue weighted by Gasteiger charge is -2.48. The maximum atomic E-state index is 11.0. The predicted octanol–water partition coefficient (Wildman–Crippen LogP) is 4.58. The van der Waals surface area contributed by atoms with Crippen molar-refractivity contribution >= 4 is 11.7 Å². The Morgan fingerprint density at radius 1 is 1.35 bits per heavy atom. The third-order valence-electron chi connectivity index (χ3n) is 4.79. The molecule has 4 heteroatoms. The van der Waals surface area contributed by atoms with Crippen LogP contribution in [0.4, 0.5) is 5.69 Å². The number of carboxylic acids is 1. The van der Waals surface area contributed by atoms with Crippen LogP contribution in [-0.2, 0) is 6.54 Å². The number of furan rings is 1. The quantitative estimate of drug-likeness (QED) is 0.901. The summed E-state index contributed by atoms with van der Waals surface area (Å²) in [6, 6.07) is 9.72. The lowest BCUT2D eigenvalue weighted by atomic mass is 9.79. The highest BCUT2D eigenvalue weighted by Crippen LogP contribution is 2.45. The number of nitrogens with zero attached hydrogens (tertiary/aromatic N) is 1. The van der Waals surface area contributed by atoms with Crippen molar-refractivity contribution in [3.05, 3.63) is 53.0 Å². The molecule has 1 aliphatic rings. The van der Waals surface area contributed by atoms with E-state index in [9.17, 15) is 4.79 Å². The molecule has 23 heavy (non-hydrogen) atoms. The topological polar surface area (TPSA) is 53.7 Å². The summed E-state index contributed by atoms with van der Waals surface area (Å²) in [5.41, 5.74) is 3.83. The van der Waals surface area contributed by atoms with Crippen LogP contribution in [-0.4, -0.2) is 16.6 Å². The summed E-state index contributed by atoms with van der Waals surface area (Å²) in [7, 11) is 0. The number of aromatic carboxylic acids is 1. The molecule has 1 atom stereocenters. The molecule has 2 heterocycles. The van der Waals surface area contributed by atoms with E-state index in [1.54, 1.807) is 6.07 Å². The van der Waals surface area contributed by atoms with Gasteiger partial charge in [0.1, 0.15) is 5.76 Å². The van der Waals surface area contributed by atoms with E-state index in [1.807, 2.05) is 0 Å². The molecule has 1 unspecified atom stereocenters. The summed E-state index contributed by atoms with van der Waals surface area (Å²) in [6.07, 6.45) is 1.05. The van der Waals surface area contributed by atoms with E-state index in [-0.39, 0.29) is 11.3 Å². The number of anilines is 1. The van der Waals surface area contributed by atoms with Crippen LogP contribution >= 0.6 is 0 Å². The first kappa shape index (κ1) is 15.7. The largest absolute Gasteiger partial charge is 0.475 e. The lowest BCUT2D eigenvalue weighted by Crippen LogP contribution is -2.48. The van der Waals surface area contributed by atoms with Crippen molar-refractivity contribution in [2.75, 3.05) is 4.90 Å². The summed E-state index contributed by atoms with van der Waals surface area (Å²) in [4.78, 5) is 13.4. The van der Waals surface area contributed by atoms with Gasteiger partial charge in [0.2, 0.25) is 5.76 Å². The molecular formula is C19H23NO3. The van der Waals surface area contributed by atoms with Gasteiger partial charge in [0.05, 0.1) is 6.54 Å². The number of aryl methyl sites for hydroxylation is 1. The molecule has 1 aromatic carbocycles. The molecule has 0 aliphatic carbocycles. The minimum Gasteiger partial charge on any atom is -0.475 e. The van der Waals surface area contributed by atoms with Crippen molar-refractivity contribution in [1.29, 1.82) is 0 Å². The zero-order valence-corrected chi connectivity index (χ0v) is 14.1. The fraction of sp³-hybridized carbons (Fsp3) is 0.421. The summed E-state index contributed by atoms with van der Waals surface area (Å²) in [5, 5.41) is 9.04. The van der Waals surface area contributed by atoms with Gasteiger partial charge in [0.15, 0.2) is 0 Å². The van der Waals surface area contributed by atoms with E-state index in [2.05, 4.69) is 50.8 Å². The van der Waals surface area contributed by atoms with Crippen molar-refractivity contribution in [2.24, 2.45) is 0 Å². The van der Waals surface area contributed by atoms with Gasteiger partial charge in [-0.25, -0.2) is 4.79 Å². The fourth-order valence-electron chi connectivity index (χ4n) is 3.75. The smallest absolute Gasteiger partial charge is 0.371 e. The Labute approximate surface area is 136 Å². The monoisotopic (exact) mass is 313 g/mol. The maximum Gasteiger partial charge on any atom is 0.371 e. The van der Waals surface area contributed by atoms with Gasteiger partial charge in [-0.3, -0.25) is 0 Å². The second-order valence-electron chi connectivity index (χ2n) is 7.09. The molecule has 0 saturated carbocycles. The van der Waals surface area contributed by atoms with Crippen LogP contribution < -0.4 is 4.90 Å². The molecular weight excluding hydrogens is 290 g/mol. The lowest BCUT2D eigenvalue weighted by molar-refractivity contribution is 0.0660. The van der Waals surface area contributed by atoms with Gasteiger partial charge in [-0.2, -0.15) is 0 Å². The van der Waals surface area contributed by atoms with E-state index in [4.69, 9.17) is 9.52 Å². The summed E-state index contributed by atoms with van der Waals surface area (Å²) in [5.74, 6) is 0.147. The van der Waals surface area contributed by atoms with E-state index in [0.29, 0.717) is 18.2 Å². The summed E-state index contributed by atoms with van der Waals surface area (Å²) in [6.45, 7) is 9.45. The van der Waals surface area contributed by atoms with E-state index < -0.39 is 5.97 Å². The van der Waals surface area contributed by atoms with Crippen molar-refractivity contribution in [1.82, 2.24) is 0 Å². The third kappa shape index (κ3) is 2.74. The van der Waals surface area contributed by atoms with E-state index in [1.165, 1.54) is 22.9 Å². The van der Waals surface area contributed by atoms with Crippen LogP contribution in [0.3, 0.4) is 0 Å². The summed E-state index contributed by atoms with van der Waals surface area (Å²) >= 11 is 0. The van der Waals surface area contributed by atoms with Gasteiger partial charge in [0, 0.05) is 11.2 Å². The molecule has 1 N–H and O–H groups in total. The second kappa shape index (κ2) is 5.44. The Hall–Kier alpha value is -2.23.